The van der Waals surface area contributed by atoms with Crippen molar-refractivity contribution in [3.8, 4) is 0 Å². The number of likely N-dealkylation sites (tertiary alicyclic amines) is 1. The van der Waals surface area contributed by atoms with Gasteiger partial charge in [-0.2, -0.15) is 0 Å². The molecule has 0 bridgehead atoms. The fourth-order valence-electron chi connectivity index (χ4n) is 2.92. The van der Waals surface area contributed by atoms with Crippen LogP contribution in [0.5, 0.6) is 0 Å². The van der Waals surface area contributed by atoms with Gasteiger partial charge in [0.2, 0.25) is 0 Å². The van der Waals surface area contributed by atoms with E-state index in [2.05, 4.69) is 34.5 Å². The molecule has 7 nitrogen and oxygen atoms in total. The number of piperidine rings is 1. The Labute approximate surface area is 173 Å². The van der Waals surface area contributed by atoms with E-state index in [-0.39, 0.29) is 30.1 Å². The molecule has 2 heterocycles. The summed E-state index contributed by atoms with van der Waals surface area (Å²) in [5.74, 6) is 0.839. The molecule has 0 unspecified atom stereocenters. The smallest absolute Gasteiger partial charge is 0.409 e. The zero-order valence-corrected chi connectivity index (χ0v) is 18.2. The number of hydrogen-bond donors (Lipinski definition) is 2. The monoisotopic (exact) mass is 475 g/mol. The number of guanidine groups is 1. The summed E-state index contributed by atoms with van der Waals surface area (Å²) in [5.41, 5.74) is 2.48. The number of ether oxygens (including phenoxy) is 1. The van der Waals surface area contributed by atoms with Crippen LogP contribution in [0.1, 0.15) is 30.9 Å². The van der Waals surface area contributed by atoms with Gasteiger partial charge in [-0.1, -0.05) is 0 Å². The van der Waals surface area contributed by atoms with E-state index in [1.807, 2.05) is 18.5 Å². The van der Waals surface area contributed by atoms with E-state index in [1.165, 1.54) is 18.2 Å². The molecule has 0 aromatic carbocycles. The zero-order valence-electron chi connectivity index (χ0n) is 15.8. The van der Waals surface area contributed by atoms with Gasteiger partial charge in [0.25, 0.3) is 0 Å². The Kier molecular flexibility index (Phi) is 10.3. The Bertz CT molecular complexity index is 589. The van der Waals surface area contributed by atoms with E-state index in [4.69, 9.17) is 4.74 Å². The van der Waals surface area contributed by atoms with Gasteiger partial charge >= 0.3 is 6.09 Å². The molecule has 2 N–H and O–H groups in total. The summed E-state index contributed by atoms with van der Waals surface area (Å²) in [5, 5.41) is 6.78. The number of aromatic nitrogens is 1. The van der Waals surface area contributed by atoms with Crippen molar-refractivity contribution in [2.24, 2.45) is 4.99 Å². The van der Waals surface area contributed by atoms with Gasteiger partial charge in [0.05, 0.1) is 7.11 Å². The number of amides is 1. The van der Waals surface area contributed by atoms with E-state index in [1.54, 1.807) is 4.90 Å². The van der Waals surface area contributed by atoms with Crippen molar-refractivity contribution in [1.82, 2.24) is 20.5 Å². The molecule has 0 aliphatic carbocycles. The molecule has 1 aliphatic rings. The number of aryl methyl sites for hydroxylation is 1. The van der Waals surface area contributed by atoms with Gasteiger partial charge in [-0.25, -0.2) is 4.79 Å². The number of pyridine rings is 1. The topological polar surface area (TPSA) is 78.9 Å². The molecule has 8 heteroatoms. The molecule has 26 heavy (non-hydrogen) atoms. The number of halogens is 1. The maximum Gasteiger partial charge on any atom is 0.409 e. The Balaban J connectivity index is 0.00000338. The minimum absolute atomic E-state index is 0. The van der Waals surface area contributed by atoms with E-state index in [9.17, 15) is 4.79 Å². The van der Waals surface area contributed by atoms with Crippen molar-refractivity contribution in [3.63, 3.8) is 0 Å². The standard InChI is InChI=1S/C18H29N5O2.HI/c1-4-20-17(21-10-6-15-5-9-19-13-14(15)2)22-16-7-11-23(12-8-16)18(24)25-3;/h5,9,13,16H,4,6-8,10-12H2,1-3H3,(H2,20,21,22);1H. The van der Waals surface area contributed by atoms with Crippen LogP contribution in [0.4, 0.5) is 4.79 Å². The summed E-state index contributed by atoms with van der Waals surface area (Å²) in [6, 6.07) is 2.37. The highest BCUT2D eigenvalue weighted by Gasteiger charge is 2.23. The highest BCUT2D eigenvalue weighted by Crippen LogP contribution is 2.11. The number of rotatable bonds is 5. The molecule has 0 radical (unpaired) electrons. The van der Waals surface area contributed by atoms with E-state index >= 15 is 0 Å². The molecule has 0 spiro atoms. The van der Waals surface area contributed by atoms with Crippen LogP contribution in [0.2, 0.25) is 0 Å². The van der Waals surface area contributed by atoms with E-state index in [0.29, 0.717) is 19.1 Å². The second-order valence-corrected chi connectivity index (χ2v) is 6.19. The Hall–Kier alpha value is -1.58. The van der Waals surface area contributed by atoms with Gasteiger partial charge in [0.1, 0.15) is 0 Å². The van der Waals surface area contributed by atoms with Crippen molar-refractivity contribution in [1.29, 1.82) is 0 Å². The predicted octanol–water partition coefficient (Wildman–Crippen LogP) is 2.34. The van der Waals surface area contributed by atoms with Crippen LogP contribution < -0.4 is 10.6 Å². The molecular weight excluding hydrogens is 445 g/mol. The first-order chi connectivity index (χ1) is 12.1. The summed E-state index contributed by atoms with van der Waals surface area (Å²) in [4.78, 5) is 22.1. The first kappa shape index (κ1) is 22.5. The van der Waals surface area contributed by atoms with Crippen LogP contribution in [0.3, 0.4) is 0 Å². The maximum absolute atomic E-state index is 11.5. The largest absolute Gasteiger partial charge is 0.453 e. The lowest BCUT2D eigenvalue weighted by molar-refractivity contribution is 0.111. The van der Waals surface area contributed by atoms with Gasteiger partial charge in [0, 0.05) is 44.6 Å². The minimum Gasteiger partial charge on any atom is -0.453 e. The molecule has 2 rings (SSSR count). The first-order valence-electron chi connectivity index (χ1n) is 8.91. The molecule has 0 saturated carbocycles. The summed E-state index contributed by atoms with van der Waals surface area (Å²) in [6.07, 6.45) is 6.14. The molecular formula is C18H30IN5O2. The molecule has 1 amide bonds. The quantitative estimate of drug-likeness (QED) is 0.389. The lowest BCUT2D eigenvalue weighted by Gasteiger charge is -2.32. The van der Waals surface area contributed by atoms with Crippen molar-refractivity contribution >= 4 is 36.0 Å². The SMILES string of the molecule is CCNC(=NCCc1ccncc1C)NC1CCN(C(=O)OC)CC1.I. The number of aliphatic imine (C=N–C) groups is 1. The third-order valence-corrected chi connectivity index (χ3v) is 4.40. The van der Waals surface area contributed by atoms with Crippen molar-refractivity contribution in [3.05, 3.63) is 29.6 Å². The molecule has 1 saturated heterocycles. The molecule has 146 valence electrons. The molecule has 1 aromatic rings. The molecule has 0 atom stereocenters. The number of hydrogen-bond acceptors (Lipinski definition) is 4. The van der Waals surface area contributed by atoms with Crippen molar-refractivity contribution in [2.45, 2.75) is 39.2 Å². The number of nitrogens with one attached hydrogen (secondary N) is 2. The summed E-state index contributed by atoms with van der Waals surface area (Å²) >= 11 is 0. The highest BCUT2D eigenvalue weighted by molar-refractivity contribution is 14.0. The summed E-state index contributed by atoms with van der Waals surface area (Å²) in [6.45, 7) is 7.09. The Morgan fingerprint density at radius 2 is 2.15 bits per heavy atom. The fourth-order valence-corrected chi connectivity index (χ4v) is 2.92. The average molecular weight is 475 g/mol. The van der Waals surface area contributed by atoms with Crippen LogP contribution in [0, 0.1) is 6.92 Å². The third-order valence-electron chi connectivity index (χ3n) is 4.40. The van der Waals surface area contributed by atoms with Gasteiger partial charge < -0.3 is 20.3 Å². The Morgan fingerprint density at radius 3 is 2.77 bits per heavy atom. The van der Waals surface area contributed by atoms with E-state index < -0.39 is 0 Å². The first-order valence-corrected chi connectivity index (χ1v) is 8.91. The van der Waals surface area contributed by atoms with Crippen molar-refractivity contribution < 1.29 is 9.53 Å². The van der Waals surface area contributed by atoms with Gasteiger partial charge in [-0.05, 0) is 50.3 Å². The fraction of sp³-hybridized carbons (Fsp3) is 0.611. The Morgan fingerprint density at radius 1 is 1.42 bits per heavy atom. The predicted molar refractivity (Wildman–Crippen MR) is 114 cm³/mol. The van der Waals surface area contributed by atoms with Gasteiger partial charge in [-0.15, -0.1) is 24.0 Å². The molecule has 1 aliphatic heterocycles. The third kappa shape index (κ3) is 6.97. The summed E-state index contributed by atoms with van der Waals surface area (Å²) < 4.78 is 4.78. The van der Waals surface area contributed by atoms with Gasteiger partial charge in [0.15, 0.2) is 5.96 Å². The second-order valence-electron chi connectivity index (χ2n) is 6.19. The van der Waals surface area contributed by atoms with Gasteiger partial charge in [-0.3, -0.25) is 9.98 Å². The number of nitrogens with zero attached hydrogens (tertiary/aromatic N) is 3. The normalized spacial score (nSPS) is 15.2. The van der Waals surface area contributed by atoms with Crippen molar-refractivity contribution in [2.75, 3.05) is 33.3 Å². The van der Waals surface area contributed by atoms with Crippen LogP contribution in [-0.2, 0) is 11.2 Å². The van der Waals surface area contributed by atoms with E-state index in [0.717, 1.165) is 38.3 Å². The maximum atomic E-state index is 11.5. The molecule has 1 fully saturated rings. The lowest BCUT2D eigenvalue weighted by Crippen LogP contribution is -2.49. The van der Waals surface area contributed by atoms with Crippen LogP contribution in [0.15, 0.2) is 23.5 Å². The number of carbonyl (C=O) groups excluding carboxylic acids is 1. The highest BCUT2D eigenvalue weighted by atomic mass is 127. The second kappa shape index (κ2) is 11.9. The summed E-state index contributed by atoms with van der Waals surface area (Å²) in [7, 11) is 1.42. The number of methoxy groups -OCH3 is 1. The average Bonchev–Trinajstić information content (AvgIpc) is 2.63. The van der Waals surface area contributed by atoms with Crippen LogP contribution in [-0.4, -0.2) is 61.3 Å². The minimum atomic E-state index is -0.244. The van der Waals surface area contributed by atoms with Crippen LogP contribution in [0.25, 0.3) is 0 Å². The van der Waals surface area contributed by atoms with Crippen LogP contribution >= 0.6 is 24.0 Å². The zero-order chi connectivity index (χ0) is 18.1. The lowest BCUT2D eigenvalue weighted by atomic mass is 10.1. The number of carbonyl (C=O) groups is 1. The molecule has 1 aromatic heterocycles.